The van der Waals surface area contributed by atoms with Gasteiger partial charge in [0.25, 0.3) is 0 Å². The molecule has 2 heterocycles. The first-order chi connectivity index (χ1) is 4.79. The molecule has 54 valence electrons. The molecule has 0 aromatic carbocycles. The fourth-order valence-corrected chi connectivity index (χ4v) is 1.90. The lowest BCUT2D eigenvalue weighted by Gasteiger charge is -1.96. The summed E-state index contributed by atoms with van der Waals surface area (Å²) in [5, 5.41) is 0. The van der Waals surface area contributed by atoms with Crippen LogP contribution in [0.2, 0.25) is 0 Å². The van der Waals surface area contributed by atoms with Gasteiger partial charge in [-0.15, -0.1) is 4.68 Å². The fourth-order valence-electron chi connectivity index (χ4n) is 1.66. The molecular formula is C7H11N2S+. The van der Waals surface area contributed by atoms with Crippen LogP contribution in [-0.2, 0) is 0 Å². The van der Waals surface area contributed by atoms with Crippen molar-refractivity contribution >= 4 is 22.9 Å². The molecule has 2 aliphatic rings. The maximum Gasteiger partial charge on any atom is 0.192 e. The van der Waals surface area contributed by atoms with Gasteiger partial charge in [-0.2, -0.15) is 5.43 Å². The standard InChI is InChI=1S/C7H10N2S/c1-5-6-3-2-4-9(6)8-7(5)10/h5H,2-4H2,1H3/p+1. The maximum atomic E-state index is 5.12. The summed E-state index contributed by atoms with van der Waals surface area (Å²) in [6.07, 6.45) is 2.52. The lowest BCUT2D eigenvalue weighted by atomic mass is 10.0. The van der Waals surface area contributed by atoms with Crippen molar-refractivity contribution in [3.05, 3.63) is 0 Å². The first kappa shape index (κ1) is 6.28. The van der Waals surface area contributed by atoms with Crippen molar-refractivity contribution in [2.45, 2.75) is 19.8 Å². The second-order valence-corrected chi connectivity index (χ2v) is 3.38. The van der Waals surface area contributed by atoms with Gasteiger partial charge in [0.15, 0.2) is 12.3 Å². The van der Waals surface area contributed by atoms with Gasteiger partial charge < -0.3 is 0 Å². The molecule has 3 heteroatoms. The van der Waals surface area contributed by atoms with Gasteiger partial charge in [-0.1, -0.05) is 12.2 Å². The summed E-state index contributed by atoms with van der Waals surface area (Å²) in [6.45, 7) is 3.32. The van der Waals surface area contributed by atoms with Crippen LogP contribution >= 0.6 is 12.2 Å². The average Bonchev–Trinajstić information content (AvgIpc) is 2.41. The zero-order valence-electron chi connectivity index (χ0n) is 6.05. The predicted molar refractivity (Wildman–Crippen MR) is 44.3 cm³/mol. The van der Waals surface area contributed by atoms with Crippen molar-refractivity contribution in [1.29, 1.82) is 0 Å². The molecule has 0 fully saturated rings. The van der Waals surface area contributed by atoms with Crippen molar-refractivity contribution in [2.24, 2.45) is 5.92 Å². The second kappa shape index (κ2) is 2.02. The van der Waals surface area contributed by atoms with E-state index >= 15 is 0 Å². The molecule has 0 saturated heterocycles. The summed E-state index contributed by atoms with van der Waals surface area (Å²) in [7, 11) is 0. The fraction of sp³-hybridized carbons (Fsp3) is 0.714. The molecule has 0 aliphatic carbocycles. The third-order valence-corrected chi connectivity index (χ3v) is 2.74. The first-order valence-electron chi connectivity index (χ1n) is 3.73. The monoisotopic (exact) mass is 155 g/mol. The second-order valence-electron chi connectivity index (χ2n) is 2.94. The number of hydrogen-bond donors (Lipinski definition) is 1. The molecule has 0 amide bonds. The molecule has 0 spiro atoms. The van der Waals surface area contributed by atoms with E-state index in [1.807, 2.05) is 0 Å². The Balaban J connectivity index is 2.30. The smallest absolute Gasteiger partial charge is 0.158 e. The third kappa shape index (κ3) is 0.700. The highest BCUT2D eigenvalue weighted by Crippen LogP contribution is 2.16. The average molecular weight is 155 g/mol. The van der Waals surface area contributed by atoms with Crippen molar-refractivity contribution in [3.63, 3.8) is 0 Å². The van der Waals surface area contributed by atoms with Gasteiger partial charge >= 0.3 is 0 Å². The van der Waals surface area contributed by atoms with E-state index in [1.54, 1.807) is 0 Å². The van der Waals surface area contributed by atoms with Crippen LogP contribution in [-0.4, -0.2) is 21.9 Å². The van der Waals surface area contributed by atoms with Gasteiger partial charge in [-0.05, 0) is 6.92 Å². The highest BCUT2D eigenvalue weighted by Gasteiger charge is 2.37. The zero-order valence-corrected chi connectivity index (χ0v) is 6.87. The number of rotatable bonds is 0. The van der Waals surface area contributed by atoms with Crippen LogP contribution in [0.1, 0.15) is 19.8 Å². The summed E-state index contributed by atoms with van der Waals surface area (Å²) in [5.74, 6) is 0.498. The number of hydrazone groups is 1. The molecule has 10 heavy (non-hydrogen) atoms. The lowest BCUT2D eigenvalue weighted by molar-refractivity contribution is -0.558. The number of thiocarbonyl (C=S) groups is 1. The Morgan fingerprint density at radius 2 is 2.50 bits per heavy atom. The van der Waals surface area contributed by atoms with Crippen LogP contribution in [0.25, 0.3) is 0 Å². The van der Waals surface area contributed by atoms with E-state index in [4.69, 9.17) is 12.2 Å². The molecule has 2 nitrogen and oxygen atoms in total. The molecule has 0 aromatic heterocycles. The minimum atomic E-state index is 0.498. The van der Waals surface area contributed by atoms with Crippen LogP contribution in [0.4, 0.5) is 0 Å². The predicted octanol–water partition coefficient (Wildman–Crippen LogP) is 0.715. The summed E-state index contributed by atoms with van der Waals surface area (Å²) < 4.78 is 2.20. The molecule has 1 unspecified atom stereocenters. The van der Waals surface area contributed by atoms with Crippen LogP contribution in [0, 0.1) is 5.92 Å². The van der Waals surface area contributed by atoms with E-state index in [0.717, 1.165) is 11.5 Å². The van der Waals surface area contributed by atoms with Crippen molar-refractivity contribution < 1.29 is 4.68 Å². The Morgan fingerprint density at radius 3 is 3.20 bits per heavy atom. The Hall–Kier alpha value is -0.440. The molecular weight excluding hydrogens is 144 g/mol. The van der Waals surface area contributed by atoms with E-state index < -0.39 is 0 Å². The van der Waals surface area contributed by atoms with E-state index in [2.05, 4.69) is 17.0 Å². The Kier molecular flexibility index (Phi) is 1.27. The normalized spacial score (nSPS) is 30.9. The molecule has 0 radical (unpaired) electrons. The summed E-state index contributed by atoms with van der Waals surface area (Å²) in [5.41, 5.74) is 4.68. The summed E-state index contributed by atoms with van der Waals surface area (Å²) in [6, 6.07) is 0. The Bertz CT molecular complexity index is 220. The molecule has 1 atom stereocenters. The lowest BCUT2D eigenvalue weighted by Crippen LogP contribution is -2.27. The highest BCUT2D eigenvalue weighted by molar-refractivity contribution is 7.80. The van der Waals surface area contributed by atoms with E-state index in [-0.39, 0.29) is 0 Å². The largest absolute Gasteiger partial charge is 0.192 e. The van der Waals surface area contributed by atoms with Gasteiger partial charge in [-0.25, -0.2) is 0 Å². The van der Waals surface area contributed by atoms with Crippen LogP contribution in [0.5, 0.6) is 0 Å². The Morgan fingerprint density at radius 1 is 1.70 bits per heavy atom. The quantitative estimate of drug-likeness (QED) is 0.409. The van der Waals surface area contributed by atoms with Crippen molar-refractivity contribution in [3.8, 4) is 0 Å². The molecule has 0 saturated carbocycles. The van der Waals surface area contributed by atoms with E-state index in [0.29, 0.717) is 5.92 Å². The molecule has 0 bridgehead atoms. The van der Waals surface area contributed by atoms with Crippen molar-refractivity contribution in [2.75, 3.05) is 6.54 Å². The topological polar surface area (TPSA) is 15.0 Å². The van der Waals surface area contributed by atoms with Crippen molar-refractivity contribution in [1.82, 2.24) is 5.43 Å². The van der Waals surface area contributed by atoms with Gasteiger partial charge in [-0.3, -0.25) is 0 Å². The van der Waals surface area contributed by atoms with Crippen LogP contribution in [0.15, 0.2) is 0 Å². The summed E-state index contributed by atoms with van der Waals surface area (Å²) >= 11 is 5.12. The van der Waals surface area contributed by atoms with Crippen LogP contribution in [0.3, 0.4) is 0 Å². The molecule has 2 aliphatic heterocycles. The van der Waals surface area contributed by atoms with Crippen LogP contribution < -0.4 is 5.43 Å². The molecule has 1 N–H and O–H groups in total. The number of hydrogen-bond acceptors (Lipinski definition) is 1. The zero-order chi connectivity index (χ0) is 7.14. The van der Waals surface area contributed by atoms with E-state index in [9.17, 15) is 0 Å². The molecule has 2 rings (SSSR count). The SMILES string of the molecule is CC1C(=S)N[N+]2=C1CCC2. The van der Waals surface area contributed by atoms with Gasteiger partial charge in [0, 0.05) is 12.8 Å². The third-order valence-electron chi connectivity index (χ3n) is 2.30. The van der Waals surface area contributed by atoms with Gasteiger partial charge in [0.2, 0.25) is 0 Å². The number of nitrogens with zero attached hydrogens (tertiary/aromatic N) is 1. The minimum Gasteiger partial charge on any atom is -0.158 e. The highest BCUT2D eigenvalue weighted by atomic mass is 32.1. The maximum absolute atomic E-state index is 5.12. The number of nitrogens with one attached hydrogen (secondary N) is 1. The minimum absolute atomic E-state index is 0.498. The Labute approximate surface area is 65.9 Å². The summed E-state index contributed by atoms with van der Waals surface area (Å²) in [4.78, 5) is 0.995. The van der Waals surface area contributed by atoms with Gasteiger partial charge in [0.1, 0.15) is 4.99 Å². The number of hydrazine groups is 1. The van der Waals surface area contributed by atoms with Gasteiger partial charge in [0.05, 0.1) is 5.92 Å². The molecule has 0 aromatic rings. The first-order valence-corrected chi connectivity index (χ1v) is 4.13. The van der Waals surface area contributed by atoms with E-state index in [1.165, 1.54) is 18.6 Å².